The third kappa shape index (κ3) is 3.89. The standard InChI is InChI=1S/C13H17N5S/c1-5-14-11-7-12(18-10(4)17-11)19-13-15-8(2)6-9(3)16-13/h6-7H,5H2,1-4H3,(H,14,17,18). The molecule has 19 heavy (non-hydrogen) atoms. The lowest BCUT2D eigenvalue weighted by Crippen LogP contribution is -2.02. The van der Waals surface area contributed by atoms with Crippen LogP contribution in [0.5, 0.6) is 0 Å². The SMILES string of the molecule is CCNc1cc(Sc2nc(C)cc(C)n2)nc(C)n1. The monoisotopic (exact) mass is 275 g/mol. The van der Waals surface area contributed by atoms with Crippen LogP contribution in [-0.2, 0) is 0 Å². The van der Waals surface area contributed by atoms with Gasteiger partial charge in [0, 0.05) is 24.0 Å². The molecule has 0 atom stereocenters. The van der Waals surface area contributed by atoms with Crippen molar-refractivity contribution >= 4 is 17.6 Å². The molecule has 0 aliphatic heterocycles. The summed E-state index contributed by atoms with van der Waals surface area (Å²) in [7, 11) is 0. The van der Waals surface area contributed by atoms with Crippen LogP contribution in [-0.4, -0.2) is 26.5 Å². The smallest absolute Gasteiger partial charge is 0.194 e. The zero-order valence-electron chi connectivity index (χ0n) is 11.6. The number of aromatic nitrogens is 4. The molecule has 1 N–H and O–H groups in total. The van der Waals surface area contributed by atoms with Gasteiger partial charge in [-0.1, -0.05) is 0 Å². The topological polar surface area (TPSA) is 63.6 Å². The highest BCUT2D eigenvalue weighted by atomic mass is 32.2. The second kappa shape index (κ2) is 5.97. The van der Waals surface area contributed by atoms with Crippen molar-refractivity contribution in [1.29, 1.82) is 0 Å². The minimum Gasteiger partial charge on any atom is -0.370 e. The van der Waals surface area contributed by atoms with E-state index < -0.39 is 0 Å². The summed E-state index contributed by atoms with van der Waals surface area (Å²) in [6.07, 6.45) is 0. The van der Waals surface area contributed by atoms with E-state index in [0.29, 0.717) is 0 Å². The van der Waals surface area contributed by atoms with Gasteiger partial charge in [-0.05, 0) is 45.5 Å². The van der Waals surface area contributed by atoms with E-state index in [4.69, 9.17) is 0 Å². The predicted molar refractivity (Wildman–Crippen MR) is 76.6 cm³/mol. The second-order valence-corrected chi connectivity index (χ2v) is 5.19. The highest BCUT2D eigenvalue weighted by Crippen LogP contribution is 2.24. The Labute approximate surface area is 117 Å². The van der Waals surface area contributed by atoms with Gasteiger partial charge in [-0.25, -0.2) is 19.9 Å². The van der Waals surface area contributed by atoms with E-state index in [2.05, 4.69) is 25.3 Å². The van der Waals surface area contributed by atoms with Crippen molar-refractivity contribution in [3.05, 3.63) is 29.3 Å². The van der Waals surface area contributed by atoms with E-state index in [-0.39, 0.29) is 0 Å². The summed E-state index contributed by atoms with van der Waals surface area (Å²) in [5, 5.41) is 4.77. The third-order valence-electron chi connectivity index (χ3n) is 2.33. The van der Waals surface area contributed by atoms with Crippen molar-refractivity contribution in [3.8, 4) is 0 Å². The molecule has 2 aromatic rings. The highest BCUT2D eigenvalue weighted by Gasteiger charge is 2.06. The molecule has 0 fully saturated rings. The van der Waals surface area contributed by atoms with Crippen LogP contribution >= 0.6 is 11.8 Å². The molecule has 0 aromatic carbocycles. The summed E-state index contributed by atoms with van der Waals surface area (Å²) in [4.78, 5) is 17.5. The van der Waals surface area contributed by atoms with Crippen LogP contribution in [0, 0.1) is 20.8 Å². The Morgan fingerprint density at radius 1 is 1.00 bits per heavy atom. The molecule has 0 spiro atoms. The Kier molecular flexibility index (Phi) is 4.31. The summed E-state index contributed by atoms with van der Waals surface area (Å²) >= 11 is 1.46. The molecule has 0 bridgehead atoms. The van der Waals surface area contributed by atoms with Crippen LogP contribution in [0.15, 0.2) is 22.3 Å². The number of nitrogens with one attached hydrogen (secondary N) is 1. The van der Waals surface area contributed by atoms with Crippen LogP contribution in [0.3, 0.4) is 0 Å². The first-order valence-electron chi connectivity index (χ1n) is 6.16. The maximum Gasteiger partial charge on any atom is 0.194 e. The van der Waals surface area contributed by atoms with Crippen molar-refractivity contribution in [1.82, 2.24) is 19.9 Å². The maximum absolute atomic E-state index is 4.41. The molecule has 5 nitrogen and oxygen atoms in total. The molecule has 0 amide bonds. The van der Waals surface area contributed by atoms with E-state index in [1.807, 2.05) is 39.8 Å². The molecule has 0 saturated carbocycles. The molecule has 2 heterocycles. The number of aryl methyl sites for hydroxylation is 3. The molecule has 0 radical (unpaired) electrons. The van der Waals surface area contributed by atoms with Gasteiger partial charge in [0.1, 0.15) is 16.7 Å². The lowest BCUT2D eigenvalue weighted by Gasteiger charge is -2.06. The number of anilines is 1. The number of hydrogen-bond donors (Lipinski definition) is 1. The molecular weight excluding hydrogens is 258 g/mol. The second-order valence-electron chi connectivity index (χ2n) is 4.20. The van der Waals surface area contributed by atoms with Gasteiger partial charge in [0.15, 0.2) is 5.16 Å². The van der Waals surface area contributed by atoms with E-state index >= 15 is 0 Å². The van der Waals surface area contributed by atoms with Gasteiger partial charge in [0.25, 0.3) is 0 Å². The van der Waals surface area contributed by atoms with Crippen LogP contribution in [0.2, 0.25) is 0 Å². The predicted octanol–water partition coefficient (Wildman–Crippen LogP) is 2.77. The van der Waals surface area contributed by atoms with Gasteiger partial charge in [0.05, 0.1) is 0 Å². The lowest BCUT2D eigenvalue weighted by molar-refractivity contribution is 0.893. The molecule has 2 rings (SSSR count). The lowest BCUT2D eigenvalue weighted by atomic mass is 10.4. The number of rotatable bonds is 4. The summed E-state index contributed by atoms with van der Waals surface area (Å²) in [6, 6.07) is 3.88. The van der Waals surface area contributed by atoms with Crippen LogP contribution < -0.4 is 5.32 Å². The van der Waals surface area contributed by atoms with E-state index in [1.165, 1.54) is 11.8 Å². The Morgan fingerprint density at radius 3 is 2.32 bits per heavy atom. The Bertz CT molecular complexity index is 565. The highest BCUT2D eigenvalue weighted by molar-refractivity contribution is 7.99. The molecule has 6 heteroatoms. The fraction of sp³-hybridized carbons (Fsp3) is 0.385. The van der Waals surface area contributed by atoms with Crippen LogP contribution in [0.4, 0.5) is 5.82 Å². The van der Waals surface area contributed by atoms with Crippen molar-refractivity contribution < 1.29 is 0 Å². The molecule has 100 valence electrons. The van der Waals surface area contributed by atoms with Gasteiger partial charge in [-0.2, -0.15) is 0 Å². The van der Waals surface area contributed by atoms with E-state index in [9.17, 15) is 0 Å². The zero-order valence-corrected chi connectivity index (χ0v) is 12.4. The fourth-order valence-electron chi connectivity index (χ4n) is 1.70. The Hall–Kier alpha value is -1.69. The summed E-state index contributed by atoms with van der Waals surface area (Å²) < 4.78 is 0. The first kappa shape index (κ1) is 13.7. The van der Waals surface area contributed by atoms with Crippen molar-refractivity contribution in [2.45, 2.75) is 37.9 Å². The maximum atomic E-state index is 4.41. The van der Waals surface area contributed by atoms with Gasteiger partial charge >= 0.3 is 0 Å². The van der Waals surface area contributed by atoms with Gasteiger partial charge < -0.3 is 5.32 Å². The molecular formula is C13H17N5S. The largest absolute Gasteiger partial charge is 0.370 e. The molecule has 2 aromatic heterocycles. The molecule has 0 saturated heterocycles. The quantitative estimate of drug-likeness (QED) is 0.684. The van der Waals surface area contributed by atoms with Gasteiger partial charge in [-0.15, -0.1) is 0 Å². The van der Waals surface area contributed by atoms with Gasteiger partial charge in [0.2, 0.25) is 0 Å². The fourth-order valence-corrected chi connectivity index (χ4v) is 2.61. The van der Waals surface area contributed by atoms with E-state index in [1.54, 1.807) is 0 Å². The number of nitrogens with zero attached hydrogens (tertiary/aromatic N) is 4. The van der Waals surface area contributed by atoms with Gasteiger partial charge in [-0.3, -0.25) is 0 Å². The zero-order chi connectivity index (χ0) is 13.8. The first-order chi connectivity index (χ1) is 9.06. The van der Waals surface area contributed by atoms with Crippen molar-refractivity contribution in [2.24, 2.45) is 0 Å². The Morgan fingerprint density at radius 2 is 1.68 bits per heavy atom. The number of hydrogen-bond acceptors (Lipinski definition) is 6. The minimum atomic E-state index is 0.720. The van der Waals surface area contributed by atoms with Crippen LogP contribution in [0.1, 0.15) is 24.1 Å². The Balaban J connectivity index is 2.27. The first-order valence-corrected chi connectivity index (χ1v) is 6.98. The summed E-state index contributed by atoms with van der Waals surface area (Å²) in [5.41, 5.74) is 1.93. The van der Waals surface area contributed by atoms with E-state index in [0.717, 1.165) is 39.8 Å². The summed E-state index contributed by atoms with van der Waals surface area (Å²) in [6.45, 7) is 8.69. The minimum absolute atomic E-state index is 0.720. The average Bonchev–Trinajstić information content (AvgIpc) is 2.26. The van der Waals surface area contributed by atoms with Crippen LogP contribution in [0.25, 0.3) is 0 Å². The normalized spacial score (nSPS) is 10.5. The van der Waals surface area contributed by atoms with Crippen molar-refractivity contribution in [3.63, 3.8) is 0 Å². The van der Waals surface area contributed by atoms with Crippen molar-refractivity contribution in [2.75, 3.05) is 11.9 Å². The summed E-state index contributed by atoms with van der Waals surface area (Å²) in [5.74, 6) is 1.58. The molecule has 0 aliphatic carbocycles. The average molecular weight is 275 g/mol. The molecule has 0 aliphatic rings. The third-order valence-corrected chi connectivity index (χ3v) is 3.11. The molecule has 0 unspecified atom stereocenters.